The monoisotopic (exact) mass is 402 g/mol. The quantitative estimate of drug-likeness (QED) is 0.733. The highest BCUT2D eigenvalue weighted by Gasteiger charge is 2.25. The maximum atomic E-state index is 11.8. The maximum Gasteiger partial charge on any atom is 0.225 e. The Morgan fingerprint density at radius 3 is 2.71 bits per heavy atom. The van der Waals surface area contributed by atoms with Crippen LogP contribution in [-0.4, -0.2) is 53.6 Å². The fourth-order valence-electron chi connectivity index (χ4n) is 3.92. The molecule has 2 aromatic heterocycles. The number of nitrogens with zero attached hydrogens (tertiary/aromatic N) is 3. The van der Waals surface area contributed by atoms with Crippen molar-refractivity contribution in [3.05, 3.63) is 17.3 Å². The number of carbonyl (C=O) groups is 1. The molecular formula is C21H30N4O2S. The third-order valence-electron chi connectivity index (χ3n) is 5.86. The van der Waals surface area contributed by atoms with E-state index >= 15 is 0 Å². The summed E-state index contributed by atoms with van der Waals surface area (Å²) < 4.78 is 6.27. The van der Waals surface area contributed by atoms with Gasteiger partial charge in [0.25, 0.3) is 0 Å². The van der Waals surface area contributed by atoms with E-state index in [-0.39, 0.29) is 12.0 Å². The molecule has 2 aliphatic rings. The Hall–Kier alpha value is -1.73. The second kappa shape index (κ2) is 8.74. The number of nitrogens with one attached hydrogen (secondary N) is 1. The van der Waals surface area contributed by atoms with E-state index in [1.165, 1.54) is 30.6 Å². The standard InChI is InChI=1S/C21H30N4O2S/c1-25(2)15-5-7-16(8-6-15)27-20-18-12-17(28-21(18)24-13-23-20)9-10-22-19(26)11-14-3-4-14/h12-16H,3-11H2,1-2H3,(H,22,26)/t15-,16-. The highest BCUT2D eigenvalue weighted by molar-refractivity contribution is 7.18. The minimum absolute atomic E-state index is 0.181. The molecular weight excluding hydrogens is 372 g/mol. The van der Waals surface area contributed by atoms with Crippen LogP contribution in [-0.2, 0) is 11.2 Å². The molecule has 2 aromatic rings. The summed E-state index contributed by atoms with van der Waals surface area (Å²) >= 11 is 1.67. The first kappa shape index (κ1) is 19.6. The number of thiophene rings is 1. The minimum Gasteiger partial charge on any atom is -0.474 e. The highest BCUT2D eigenvalue weighted by atomic mass is 32.1. The van der Waals surface area contributed by atoms with E-state index < -0.39 is 0 Å². The van der Waals surface area contributed by atoms with Gasteiger partial charge in [-0.15, -0.1) is 11.3 Å². The Labute approximate surface area is 170 Å². The summed E-state index contributed by atoms with van der Waals surface area (Å²) in [5.41, 5.74) is 0. The number of amides is 1. The molecule has 0 unspecified atom stereocenters. The number of hydrogen-bond donors (Lipinski definition) is 1. The first-order valence-electron chi connectivity index (χ1n) is 10.4. The van der Waals surface area contributed by atoms with Crippen molar-refractivity contribution in [1.29, 1.82) is 0 Å². The van der Waals surface area contributed by atoms with Crippen LogP contribution in [0.1, 0.15) is 49.8 Å². The van der Waals surface area contributed by atoms with Gasteiger partial charge in [0.2, 0.25) is 11.8 Å². The molecule has 2 saturated carbocycles. The number of carbonyl (C=O) groups excluding carboxylic acids is 1. The largest absolute Gasteiger partial charge is 0.474 e. The summed E-state index contributed by atoms with van der Waals surface area (Å²) in [7, 11) is 4.31. The maximum absolute atomic E-state index is 11.8. The number of aromatic nitrogens is 2. The number of hydrogen-bond acceptors (Lipinski definition) is 6. The SMILES string of the molecule is CN(C)[C@H]1CC[C@H](Oc2ncnc3sc(CCNC(=O)CC4CC4)cc23)CC1. The second-order valence-electron chi connectivity index (χ2n) is 8.37. The van der Waals surface area contributed by atoms with E-state index in [1.54, 1.807) is 17.7 Å². The Kier molecular flexibility index (Phi) is 6.11. The molecule has 0 aromatic carbocycles. The lowest BCUT2D eigenvalue weighted by molar-refractivity contribution is -0.121. The molecule has 0 radical (unpaired) electrons. The lowest BCUT2D eigenvalue weighted by Crippen LogP contribution is -2.35. The van der Waals surface area contributed by atoms with Crippen molar-refractivity contribution in [1.82, 2.24) is 20.2 Å². The molecule has 7 heteroatoms. The molecule has 0 spiro atoms. The second-order valence-corrected chi connectivity index (χ2v) is 9.49. The van der Waals surface area contributed by atoms with Gasteiger partial charge in [-0.25, -0.2) is 9.97 Å². The van der Waals surface area contributed by atoms with Crippen LogP contribution in [0.5, 0.6) is 5.88 Å². The topological polar surface area (TPSA) is 67.3 Å². The van der Waals surface area contributed by atoms with Crippen molar-refractivity contribution < 1.29 is 9.53 Å². The summed E-state index contributed by atoms with van der Waals surface area (Å²) in [6.45, 7) is 0.677. The van der Waals surface area contributed by atoms with Gasteiger partial charge < -0.3 is 15.0 Å². The van der Waals surface area contributed by atoms with Gasteiger partial charge in [-0.2, -0.15) is 0 Å². The van der Waals surface area contributed by atoms with Crippen LogP contribution in [0.25, 0.3) is 10.2 Å². The first-order valence-corrected chi connectivity index (χ1v) is 11.2. The average Bonchev–Trinajstić information content (AvgIpc) is 3.38. The van der Waals surface area contributed by atoms with Crippen LogP contribution in [0.3, 0.4) is 0 Å². The molecule has 1 N–H and O–H groups in total. The molecule has 0 saturated heterocycles. The van der Waals surface area contributed by atoms with Gasteiger partial charge in [0.15, 0.2) is 0 Å². The number of ether oxygens (including phenoxy) is 1. The molecule has 28 heavy (non-hydrogen) atoms. The van der Waals surface area contributed by atoms with Gasteiger partial charge in [0.05, 0.1) is 5.39 Å². The predicted octanol–water partition coefficient (Wildman–Crippen LogP) is 3.40. The fraction of sp³-hybridized carbons (Fsp3) is 0.667. The van der Waals surface area contributed by atoms with Crippen LogP contribution in [0.15, 0.2) is 12.4 Å². The van der Waals surface area contributed by atoms with Crippen molar-refractivity contribution in [2.24, 2.45) is 5.92 Å². The Morgan fingerprint density at radius 1 is 1.21 bits per heavy atom. The molecule has 2 heterocycles. The first-order chi connectivity index (χ1) is 13.6. The van der Waals surface area contributed by atoms with Crippen LogP contribution < -0.4 is 10.1 Å². The summed E-state index contributed by atoms with van der Waals surface area (Å²) in [6.07, 6.45) is 10.2. The molecule has 4 rings (SSSR count). The van der Waals surface area contributed by atoms with Crippen LogP contribution >= 0.6 is 11.3 Å². The predicted molar refractivity (Wildman–Crippen MR) is 112 cm³/mol. The summed E-state index contributed by atoms with van der Waals surface area (Å²) in [5, 5.41) is 4.04. The zero-order valence-corrected chi connectivity index (χ0v) is 17.6. The van der Waals surface area contributed by atoms with Gasteiger partial charge >= 0.3 is 0 Å². The van der Waals surface area contributed by atoms with Gasteiger partial charge in [-0.3, -0.25) is 4.79 Å². The van der Waals surface area contributed by atoms with Crippen molar-refractivity contribution >= 4 is 27.5 Å². The van der Waals surface area contributed by atoms with Crippen molar-refractivity contribution in [2.75, 3.05) is 20.6 Å². The minimum atomic E-state index is 0.181. The van der Waals surface area contributed by atoms with Crippen molar-refractivity contribution in [3.63, 3.8) is 0 Å². The summed E-state index contributed by atoms with van der Waals surface area (Å²) in [5.74, 6) is 1.52. The van der Waals surface area contributed by atoms with Crippen LogP contribution in [0.4, 0.5) is 0 Å². The van der Waals surface area contributed by atoms with Gasteiger partial charge in [0.1, 0.15) is 17.3 Å². The van der Waals surface area contributed by atoms with E-state index in [1.807, 2.05) is 0 Å². The molecule has 0 bridgehead atoms. The fourth-order valence-corrected chi connectivity index (χ4v) is 4.90. The lowest BCUT2D eigenvalue weighted by Gasteiger charge is -2.32. The molecule has 1 amide bonds. The van der Waals surface area contributed by atoms with E-state index in [2.05, 4.69) is 40.3 Å². The molecule has 0 atom stereocenters. The number of fused-ring (bicyclic) bond motifs is 1. The van der Waals surface area contributed by atoms with Gasteiger partial charge in [-0.05, 0) is 71.0 Å². The third kappa shape index (κ3) is 5.00. The third-order valence-corrected chi connectivity index (χ3v) is 6.96. The smallest absolute Gasteiger partial charge is 0.225 e. The van der Waals surface area contributed by atoms with E-state index in [0.717, 1.165) is 29.5 Å². The van der Waals surface area contributed by atoms with Crippen LogP contribution in [0.2, 0.25) is 0 Å². The summed E-state index contributed by atoms with van der Waals surface area (Å²) in [6, 6.07) is 2.79. The zero-order valence-electron chi connectivity index (χ0n) is 16.8. The summed E-state index contributed by atoms with van der Waals surface area (Å²) in [4.78, 5) is 25.2. The van der Waals surface area contributed by atoms with Crippen molar-refractivity contribution in [2.45, 2.75) is 63.5 Å². The molecule has 6 nitrogen and oxygen atoms in total. The lowest BCUT2D eigenvalue weighted by atomic mass is 9.92. The van der Waals surface area contributed by atoms with Gasteiger partial charge in [-0.1, -0.05) is 0 Å². The van der Waals surface area contributed by atoms with Crippen LogP contribution in [0, 0.1) is 5.92 Å². The molecule has 0 aliphatic heterocycles. The Balaban J connectivity index is 1.33. The molecule has 2 aliphatic carbocycles. The Morgan fingerprint density at radius 2 is 2.00 bits per heavy atom. The average molecular weight is 403 g/mol. The Bertz CT molecular complexity index is 810. The molecule has 152 valence electrons. The number of rotatable bonds is 8. The zero-order chi connectivity index (χ0) is 19.5. The van der Waals surface area contributed by atoms with Crippen molar-refractivity contribution in [3.8, 4) is 5.88 Å². The van der Waals surface area contributed by atoms with Gasteiger partial charge in [0, 0.05) is 23.9 Å². The van der Waals surface area contributed by atoms with E-state index in [9.17, 15) is 4.79 Å². The van der Waals surface area contributed by atoms with E-state index in [0.29, 0.717) is 30.8 Å². The highest BCUT2D eigenvalue weighted by Crippen LogP contribution is 2.33. The van der Waals surface area contributed by atoms with E-state index in [4.69, 9.17) is 4.74 Å². The normalized spacial score (nSPS) is 22.5. The molecule has 2 fully saturated rings.